The molecule has 2 nitrogen and oxygen atoms in total. The van der Waals surface area contributed by atoms with Gasteiger partial charge in [0, 0.05) is 12.6 Å². The molecule has 1 atom stereocenters. The van der Waals surface area contributed by atoms with E-state index in [1.54, 1.807) is 0 Å². The Kier molecular flexibility index (Phi) is 5.03. The fourth-order valence-corrected chi connectivity index (χ4v) is 3.08. The third kappa shape index (κ3) is 3.93. The first-order valence-corrected chi connectivity index (χ1v) is 8.00. The van der Waals surface area contributed by atoms with Crippen LogP contribution in [-0.4, -0.2) is 19.1 Å². The molecule has 1 fully saturated rings. The highest BCUT2D eigenvalue weighted by molar-refractivity contribution is 5.31. The van der Waals surface area contributed by atoms with E-state index >= 15 is 0 Å². The minimum atomic E-state index is 0.274. The van der Waals surface area contributed by atoms with Gasteiger partial charge in [0.25, 0.3) is 0 Å². The molecule has 0 radical (unpaired) electrons. The Morgan fingerprint density at radius 3 is 2.05 bits per heavy atom. The van der Waals surface area contributed by atoms with Gasteiger partial charge in [0.2, 0.25) is 0 Å². The Morgan fingerprint density at radius 1 is 0.905 bits per heavy atom. The number of rotatable bonds is 5. The quantitative estimate of drug-likeness (QED) is 0.876. The van der Waals surface area contributed by atoms with Crippen molar-refractivity contribution < 1.29 is 0 Å². The van der Waals surface area contributed by atoms with Crippen molar-refractivity contribution in [3.63, 3.8) is 0 Å². The average molecular weight is 280 g/mol. The van der Waals surface area contributed by atoms with Crippen LogP contribution in [0.1, 0.15) is 36.4 Å². The highest BCUT2D eigenvalue weighted by atomic mass is 15.0. The van der Waals surface area contributed by atoms with Crippen molar-refractivity contribution >= 4 is 0 Å². The van der Waals surface area contributed by atoms with Crippen LogP contribution in [0.15, 0.2) is 60.7 Å². The summed E-state index contributed by atoms with van der Waals surface area (Å²) < 4.78 is 0. The molecule has 1 aliphatic heterocycles. The molecular weight excluding hydrogens is 256 g/mol. The van der Waals surface area contributed by atoms with Crippen molar-refractivity contribution in [1.82, 2.24) is 10.6 Å². The molecule has 1 heterocycles. The van der Waals surface area contributed by atoms with Crippen LogP contribution in [-0.2, 0) is 0 Å². The topological polar surface area (TPSA) is 24.1 Å². The van der Waals surface area contributed by atoms with Crippen LogP contribution in [0.5, 0.6) is 0 Å². The minimum absolute atomic E-state index is 0.274. The maximum atomic E-state index is 3.76. The Balaban J connectivity index is 1.73. The SMILES string of the molecule is c1ccc(C(NCC2CCCCN2)c2ccccc2)cc1. The molecule has 0 amide bonds. The van der Waals surface area contributed by atoms with Crippen molar-refractivity contribution in [3.05, 3.63) is 71.8 Å². The lowest BCUT2D eigenvalue weighted by Gasteiger charge is -2.27. The third-order valence-corrected chi connectivity index (χ3v) is 4.25. The highest BCUT2D eigenvalue weighted by Crippen LogP contribution is 2.22. The second kappa shape index (κ2) is 7.39. The van der Waals surface area contributed by atoms with Gasteiger partial charge in [0.1, 0.15) is 0 Å². The van der Waals surface area contributed by atoms with E-state index in [1.165, 1.54) is 30.4 Å². The molecule has 0 aliphatic carbocycles. The Morgan fingerprint density at radius 2 is 1.52 bits per heavy atom. The van der Waals surface area contributed by atoms with Gasteiger partial charge in [-0.3, -0.25) is 0 Å². The van der Waals surface area contributed by atoms with E-state index in [1.807, 2.05) is 0 Å². The summed E-state index contributed by atoms with van der Waals surface area (Å²) in [6, 6.07) is 22.3. The second-order valence-corrected chi connectivity index (χ2v) is 5.81. The molecule has 1 unspecified atom stereocenters. The molecule has 2 N–H and O–H groups in total. The lowest BCUT2D eigenvalue weighted by molar-refractivity contribution is 0.375. The highest BCUT2D eigenvalue weighted by Gasteiger charge is 2.17. The number of hydrogen-bond donors (Lipinski definition) is 2. The predicted octanol–water partition coefficient (Wildman–Crippen LogP) is 3.51. The van der Waals surface area contributed by atoms with E-state index in [-0.39, 0.29) is 6.04 Å². The summed E-state index contributed by atoms with van der Waals surface area (Å²) in [5, 5.41) is 7.37. The van der Waals surface area contributed by atoms with Gasteiger partial charge in [-0.25, -0.2) is 0 Å². The van der Waals surface area contributed by atoms with Crippen LogP contribution < -0.4 is 10.6 Å². The van der Waals surface area contributed by atoms with Gasteiger partial charge in [-0.2, -0.15) is 0 Å². The molecule has 110 valence electrons. The molecule has 0 aromatic heterocycles. The molecule has 21 heavy (non-hydrogen) atoms. The van der Waals surface area contributed by atoms with Crippen LogP contribution in [0, 0.1) is 0 Å². The summed E-state index contributed by atoms with van der Waals surface area (Å²) in [4.78, 5) is 0. The first-order chi connectivity index (χ1) is 10.4. The third-order valence-electron chi connectivity index (χ3n) is 4.25. The average Bonchev–Trinajstić information content (AvgIpc) is 2.58. The van der Waals surface area contributed by atoms with Gasteiger partial charge in [-0.1, -0.05) is 67.1 Å². The van der Waals surface area contributed by atoms with Crippen LogP contribution in [0.25, 0.3) is 0 Å². The molecule has 3 rings (SSSR count). The first kappa shape index (κ1) is 14.3. The summed E-state index contributed by atoms with van der Waals surface area (Å²) in [6.45, 7) is 2.18. The van der Waals surface area contributed by atoms with E-state index in [9.17, 15) is 0 Å². The molecule has 2 aromatic carbocycles. The van der Waals surface area contributed by atoms with E-state index in [0.717, 1.165) is 13.1 Å². The van der Waals surface area contributed by atoms with Gasteiger partial charge in [0.05, 0.1) is 6.04 Å². The summed E-state index contributed by atoms with van der Waals surface area (Å²) >= 11 is 0. The van der Waals surface area contributed by atoms with E-state index in [0.29, 0.717) is 6.04 Å². The molecule has 0 bridgehead atoms. The molecule has 0 saturated carbocycles. The normalized spacial score (nSPS) is 18.8. The molecule has 0 spiro atoms. The van der Waals surface area contributed by atoms with Crippen molar-refractivity contribution in [2.75, 3.05) is 13.1 Å². The van der Waals surface area contributed by atoms with Gasteiger partial charge >= 0.3 is 0 Å². The lowest BCUT2D eigenvalue weighted by Crippen LogP contribution is -2.42. The van der Waals surface area contributed by atoms with Gasteiger partial charge < -0.3 is 10.6 Å². The maximum Gasteiger partial charge on any atom is 0.0577 e. The van der Waals surface area contributed by atoms with E-state index < -0.39 is 0 Å². The van der Waals surface area contributed by atoms with Crippen LogP contribution in [0.3, 0.4) is 0 Å². The van der Waals surface area contributed by atoms with Gasteiger partial charge in [-0.15, -0.1) is 0 Å². The van der Waals surface area contributed by atoms with Gasteiger partial charge in [0.15, 0.2) is 0 Å². The number of nitrogens with one attached hydrogen (secondary N) is 2. The van der Waals surface area contributed by atoms with Crippen LogP contribution in [0.4, 0.5) is 0 Å². The zero-order chi connectivity index (χ0) is 14.3. The number of piperidine rings is 1. The predicted molar refractivity (Wildman–Crippen MR) is 88.4 cm³/mol. The largest absolute Gasteiger partial charge is 0.313 e. The Labute approximate surface area is 127 Å². The van der Waals surface area contributed by atoms with Crippen molar-refractivity contribution in [3.8, 4) is 0 Å². The fraction of sp³-hybridized carbons (Fsp3) is 0.368. The molecule has 2 heteroatoms. The van der Waals surface area contributed by atoms with E-state index in [2.05, 4.69) is 71.3 Å². The summed E-state index contributed by atoms with van der Waals surface area (Å²) in [7, 11) is 0. The van der Waals surface area contributed by atoms with Crippen molar-refractivity contribution in [2.24, 2.45) is 0 Å². The summed E-state index contributed by atoms with van der Waals surface area (Å²) in [6.07, 6.45) is 3.95. The zero-order valence-corrected chi connectivity index (χ0v) is 12.5. The monoisotopic (exact) mass is 280 g/mol. The van der Waals surface area contributed by atoms with Crippen molar-refractivity contribution in [1.29, 1.82) is 0 Å². The molecule has 2 aromatic rings. The van der Waals surface area contributed by atoms with E-state index in [4.69, 9.17) is 0 Å². The lowest BCUT2D eigenvalue weighted by atomic mass is 9.97. The Hall–Kier alpha value is -1.64. The summed E-state index contributed by atoms with van der Waals surface area (Å²) in [5.41, 5.74) is 2.67. The maximum absolute atomic E-state index is 3.76. The molecular formula is C19H24N2. The zero-order valence-electron chi connectivity index (χ0n) is 12.5. The smallest absolute Gasteiger partial charge is 0.0577 e. The number of hydrogen-bond acceptors (Lipinski definition) is 2. The van der Waals surface area contributed by atoms with Crippen LogP contribution >= 0.6 is 0 Å². The van der Waals surface area contributed by atoms with Gasteiger partial charge in [-0.05, 0) is 30.5 Å². The minimum Gasteiger partial charge on any atom is -0.313 e. The number of benzene rings is 2. The van der Waals surface area contributed by atoms with Crippen LogP contribution in [0.2, 0.25) is 0 Å². The standard InChI is InChI=1S/C19H24N2/c1-3-9-16(10-4-1)19(17-11-5-2-6-12-17)21-15-18-13-7-8-14-20-18/h1-6,9-12,18-21H,7-8,13-15H2. The van der Waals surface area contributed by atoms with Crippen molar-refractivity contribution in [2.45, 2.75) is 31.3 Å². The second-order valence-electron chi connectivity index (χ2n) is 5.81. The molecule has 1 aliphatic rings. The Bertz CT molecular complexity index is 478. The first-order valence-electron chi connectivity index (χ1n) is 8.00. The molecule has 1 saturated heterocycles. The fourth-order valence-electron chi connectivity index (χ4n) is 3.08. The summed E-state index contributed by atoms with van der Waals surface area (Å²) in [5.74, 6) is 0.